The number of carboxylic acid groups (broad SMARTS) is 1. The fraction of sp³-hybridized carbons (Fsp3) is 0.538. The number of nitrogens with zero attached hydrogens (tertiary/aromatic N) is 4. The standard InChI is InChI=1S/C13H16N4O4S/c1-2-21-11(18)9-7-17-12(14-9)22-10(15-17)8-3-5-16(6-4-8)13(19)20/h7-8H,2-6H2,1H3,(H,19,20). The molecule has 0 bridgehead atoms. The van der Waals surface area contributed by atoms with Gasteiger partial charge in [-0.15, -0.1) is 0 Å². The van der Waals surface area contributed by atoms with Gasteiger partial charge in [0.15, 0.2) is 5.69 Å². The van der Waals surface area contributed by atoms with E-state index in [-0.39, 0.29) is 11.6 Å². The molecule has 8 nitrogen and oxygen atoms in total. The normalized spacial score (nSPS) is 16.1. The molecule has 0 saturated carbocycles. The lowest BCUT2D eigenvalue weighted by molar-refractivity contribution is 0.0520. The number of likely N-dealkylation sites (tertiary alicyclic amines) is 1. The topological polar surface area (TPSA) is 97.0 Å². The Morgan fingerprint density at radius 2 is 2.18 bits per heavy atom. The lowest BCUT2D eigenvalue weighted by Crippen LogP contribution is -2.36. The predicted molar refractivity (Wildman–Crippen MR) is 78.4 cm³/mol. The van der Waals surface area contributed by atoms with Crippen molar-refractivity contribution in [2.45, 2.75) is 25.7 Å². The summed E-state index contributed by atoms with van der Waals surface area (Å²) in [6.45, 7) is 3.10. The lowest BCUT2D eigenvalue weighted by Gasteiger charge is -2.28. The molecule has 1 aliphatic heterocycles. The van der Waals surface area contributed by atoms with Gasteiger partial charge in [-0.3, -0.25) is 0 Å². The van der Waals surface area contributed by atoms with E-state index < -0.39 is 12.1 Å². The minimum absolute atomic E-state index is 0.244. The number of ether oxygens (including phenoxy) is 1. The van der Waals surface area contributed by atoms with Gasteiger partial charge in [0.05, 0.1) is 12.8 Å². The van der Waals surface area contributed by atoms with Gasteiger partial charge in [0.1, 0.15) is 5.01 Å². The Hall–Kier alpha value is -2.16. The third-order valence-corrected chi connectivity index (χ3v) is 4.74. The summed E-state index contributed by atoms with van der Waals surface area (Å²) in [6, 6.07) is 0. The highest BCUT2D eigenvalue weighted by molar-refractivity contribution is 7.16. The molecule has 0 aromatic carbocycles. The van der Waals surface area contributed by atoms with Crippen LogP contribution in [0.2, 0.25) is 0 Å². The summed E-state index contributed by atoms with van der Waals surface area (Å²) in [5.41, 5.74) is 0.257. The second-order valence-corrected chi connectivity index (χ2v) is 6.05. The van der Waals surface area contributed by atoms with E-state index in [1.165, 1.54) is 16.2 Å². The summed E-state index contributed by atoms with van der Waals surface area (Å²) < 4.78 is 6.50. The average molecular weight is 324 g/mol. The van der Waals surface area contributed by atoms with Crippen LogP contribution in [0.3, 0.4) is 0 Å². The summed E-state index contributed by atoms with van der Waals surface area (Å²) in [4.78, 5) is 28.8. The first kappa shape index (κ1) is 14.8. The molecule has 0 atom stereocenters. The summed E-state index contributed by atoms with van der Waals surface area (Å²) in [7, 11) is 0. The monoisotopic (exact) mass is 324 g/mol. The summed E-state index contributed by atoms with van der Waals surface area (Å²) in [5.74, 6) is -0.204. The van der Waals surface area contributed by atoms with Crippen molar-refractivity contribution in [3.05, 3.63) is 16.9 Å². The van der Waals surface area contributed by atoms with Crippen molar-refractivity contribution in [2.75, 3.05) is 19.7 Å². The molecule has 1 saturated heterocycles. The van der Waals surface area contributed by atoms with Crippen LogP contribution in [0, 0.1) is 0 Å². The molecule has 2 aromatic heterocycles. The molecule has 1 aliphatic rings. The highest BCUT2D eigenvalue weighted by Crippen LogP contribution is 2.31. The van der Waals surface area contributed by atoms with Crippen molar-refractivity contribution in [3.63, 3.8) is 0 Å². The molecule has 9 heteroatoms. The molecule has 0 unspecified atom stereocenters. The molecule has 0 aliphatic carbocycles. The number of piperidine rings is 1. The molecule has 3 rings (SSSR count). The summed E-state index contributed by atoms with van der Waals surface area (Å²) >= 11 is 1.44. The van der Waals surface area contributed by atoms with E-state index >= 15 is 0 Å². The summed E-state index contributed by atoms with van der Waals surface area (Å²) in [6.07, 6.45) is 2.22. The smallest absolute Gasteiger partial charge is 0.407 e. The van der Waals surface area contributed by atoms with E-state index in [2.05, 4.69) is 10.1 Å². The van der Waals surface area contributed by atoms with Gasteiger partial charge >= 0.3 is 12.1 Å². The van der Waals surface area contributed by atoms with Crippen LogP contribution in [-0.2, 0) is 4.74 Å². The van der Waals surface area contributed by atoms with Crippen LogP contribution in [0.5, 0.6) is 0 Å². The first-order valence-electron chi connectivity index (χ1n) is 7.09. The Balaban J connectivity index is 1.72. The molecule has 0 radical (unpaired) electrons. The van der Waals surface area contributed by atoms with Crippen molar-refractivity contribution in [1.82, 2.24) is 19.5 Å². The number of rotatable bonds is 3. The Morgan fingerprint density at radius 3 is 2.77 bits per heavy atom. The first-order valence-corrected chi connectivity index (χ1v) is 7.91. The molecular formula is C13H16N4O4S. The van der Waals surface area contributed by atoms with Crippen LogP contribution in [-0.4, -0.2) is 56.4 Å². The lowest BCUT2D eigenvalue weighted by atomic mass is 9.98. The van der Waals surface area contributed by atoms with Crippen molar-refractivity contribution >= 4 is 28.4 Å². The molecule has 3 heterocycles. The molecule has 1 N–H and O–H groups in total. The number of aromatic nitrogens is 3. The van der Waals surface area contributed by atoms with Crippen molar-refractivity contribution in [2.24, 2.45) is 0 Å². The quantitative estimate of drug-likeness (QED) is 0.865. The maximum absolute atomic E-state index is 11.6. The van der Waals surface area contributed by atoms with E-state index in [0.717, 1.165) is 17.8 Å². The Morgan fingerprint density at radius 1 is 1.45 bits per heavy atom. The number of hydrogen-bond donors (Lipinski definition) is 1. The Labute approximate surface area is 130 Å². The predicted octanol–water partition coefficient (Wildman–Crippen LogP) is 1.82. The maximum Gasteiger partial charge on any atom is 0.407 e. The van der Waals surface area contributed by atoms with E-state index in [1.54, 1.807) is 17.6 Å². The van der Waals surface area contributed by atoms with E-state index in [1.807, 2.05) is 0 Å². The fourth-order valence-corrected chi connectivity index (χ4v) is 3.55. The maximum atomic E-state index is 11.6. The third kappa shape index (κ3) is 2.76. The van der Waals surface area contributed by atoms with E-state index in [4.69, 9.17) is 9.84 Å². The van der Waals surface area contributed by atoms with Crippen molar-refractivity contribution < 1.29 is 19.4 Å². The van der Waals surface area contributed by atoms with E-state index in [0.29, 0.717) is 24.7 Å². The van der Waals surface area contributed by atoms with Gasteiger partial charge in [0.25, 0.3) is 0 Å². The van der Waals surface area contributed by atoms with Crippen LogP contribution in [0.25, 0.3) is 4.96 Å². The Bertz CT molecular complexity index is 671. The number of esters is 1. The van der Waals surface area contributed by atoms with E-state index in [9.17, 15) is 9.59 Å². The second kappa shape index (κ2) is 5.91. The zero-order valence-corrected chi connectivity index (χ0v) is 12.9. The van der Waals surface area contributed by atoms with Gasteiger partial charge in [0.2, 0.25) is 4.96 Å². The van der Waals surface area contributed by atoms with Gasteiger partial charge in [0, 0.05) is 19.0 Å². The molecule has 1 amide bonds. The number of fused-ring (bicyclic) bond motifs is 1. The van der Waals surface area contributed by atoms with Crippen molar-refractivity contribution in [3.8, 4) is 0 Å². The van der Waals surface area contributed by atoms with Crippen LogP contribution < -0.4 is 0 Å². The first-order chi connectivity index (χ1) is 10.6. The van der Waals surface area contributed by atoms with Crippen molar-refractivity contribution in [1.29, 1.82) is 0 Å². The van der Waals surface area contributed by atoms with Crippen LogP contribution >= 0.6 is 11.3 Å². The minimum Gasteiger partial charge on any atom is -0.465 e. The van der Waals surface area contributed by atoms with Gasteiger partial charge < -0.3 is 14.7 Å². The molecular weight excluding hydrogens is 308 g/mol. The number of hydrogen-bond acceptors (Lipinski definition) is 6. The second-order valence-electron chi connectivity index (χ2n) is 5.06. The Kier molecular flexibility index (Phi) is 3.97. The average Bonchev–Trinajstić information content (AvgIpc) is 3.06. The number of amides is 1. The number of carbonyl (C=O) groups is 2. The third-order valence-electron chi connectivity index (χ3n) is 3.66. The van der Waals surface area contributed by atoms with Crippen LogP contribution in [0.15, 0.2) is 6.20 Å². The highest BCUT2D eigenvalue weighted by Gasteiger charge is 2.26. The number of carbonyl (C=O) groups excluding carboxylic acids is 1. The van der Waals surface area contributed by atoms with Crippen LogP contribution in [0.1, 0.15) is 41.2 Å². The van der Waals surface area contributed by atoms with Gasteiger partial charge in [-0.25, -0.2) is 19.1 Å². The molecule has 118 valence electrons. The van der Waals surface area contributed by atoms with Gasteiger partial charge in [-0.1, -0.05) is 11.3 Å². The molecule has 2 aromatic rings. The fourth-order valence-electron chi connectivity index (χ4n) is 2.50. The largest absolute Gasteiger partial charge is 0.465 e. The van der Waals surface area contributed by atoms with Gasteiger partial charge in [-0.2, -0.15) is 5.10 Å². The molecule has 0 spiro atoms. The zero-order chi connectivity index (χ0) is 15.7. The minimum atomic E-state index is -0.869. The number of imidazole rings is 1. The molecule has 22 heavy (non-hydrogen) atoms. The highest BCUT2D eigenvalue weighted by atomic mass is 32.1. The summed E-state index contributed by atoms with van der Waals surface area (Å²) in [5, 5.41) is 14.4. The zero-order valence-electron chi connectivity index (χ0n) is 12.1. The van der Waals surface area contributed by atoms with Gasteiger partial charge in [-0.05, 0) is 19.8 Å². The SMILES string of the molecule is CCOC(=O)c1cn2nc(C3CCN(C(=O)O)CC3)sc2n1. The molecule has 1 fully saturated rings. The van der Waals surface area contributed by atoms with Crippen LogP contribution in [0.4, 0.5) is 4.79 Å².